The Morgan fingerprint density at radius 3 is 2.22 bits per heavy atom. The number of nitrogens with zero attached hydrogens (tertiary/aromatic N) is 1. The highest BCUT2D eigenvalue weighted by Crippen LogP contribution is 2.52. The van der Waals surface area contributed by atoms with Crippen LogP contribution in [0.1, 0.15) is 62.6 Å². The molecule has 0 saturated heterocycles. The number of nitrogens with one attached hydrogen (secondary N) is 2. The van der Waals surface area contributed by atoms with E-state index in [1.807, 2.05) is 0 Å². The number of hydrogen-bond acceptors (Lipinski definition) is 6. The third kappa shape index (κ3) is 6.48. The van der Waals surface area contributed by atoms with Gasteiger partial charge in [-0.1, -0.05) is 0 Å². The Bertz CT molecular complexity index is 893. The van der Waals surface area contributed by atoms with Crippen LogP contribution in [0.5, 0.6) is 0 Å². The lowest BCUT2D eigenvalue weighted by molar-refractivity contribution is -0.357. The number of aliphatic hydroxyl groups is 1. The lowest BCUT2D eigenvalue weighted by atomic mass is 9.57. The molecular formula is C23H29F6N3O4. The number of aromatic nitrogens is 1. The summed E-state index contributed by atoms with van der Waals surface area (Å²) >= 11 is 0. The van der Waals surface area contributed by atoms with Gasteiger partial charge < -0.3 is 15.2 Å². The van der Waals surface area contributed by atoms with Crippen LogP contribution >= 0.6 is 0 Å². The van der Waals surface area contributed by atoms with E-state index in [1.165, 1.54) is 6.07 Å². The van der Waals surface area contributed by atoms with Gasteiger partial charge in [0.2, 0.25) is 5.91 Å². The van der Waals surface area contributed by atoms with Crippen molar-refractivity contribution in [3.8, 4) is 0 Å². The first-order valence-electron chi connectivity index (χ1n) is 11.9. The molecule has 0 aromatic carbocycles. The molecule has 1 amide bonds. The summed E-state index contributed by atoms with van der Waals surface area (Å²) in [4.78, 5) is 16.7. The molecule has 202 valence electrons. The number of amides is 1. The molecule has 13 heteroatoms. The summed E-state index contributed by atoms with van der Waals surface area (Å²) < 4.78 is 84.0. The van der Waals surface area contributed by atoms with Gasteiger partial charge in [0.05, 0.1) is 36.6 Å². The van der Waals surface area contributed by atoms with E-state index in [0.29, 0.717) is 44.2 Å². The molecule has 4 aliphatic carbocycles. The summed E-state index contributed by atoms with van der Waals surface area (Å²) in [6, 6.07) is 2.18. The van der Waals surface area contributed by atoms with Crippen molar-refractivity contribution in [3.05, 3.63) is 29.6 Å². The van der Waals surface area contributed by atoms with Gasteiger partial charge in [-0.2, -0.15) is 13.2 Å². The minimum absolute atomic E-state index is 0.0359. The molecule has 5 rings (SSSR count). The minimum Gasteiger partial charge on any atom is -0.376 e. The van der Waals surface area contributed by atoms with E-state index < -0.39 is 35.8 Å². The van der Waals surface area contributed by atoms with Crippen LogP contribution in [0, 0.1) is 5.41 Å². The number of halogens is 6. The number of carbonyl (C=O) groups is 1. The standard InChI is InChI=1S/C23H29F6N3O4/c24-22(25,26)14-1-2-15(30-11-14)12-31-19(34)20-3-6-21(7-4-20,8-5-20)32-18(33)13-35-16-9-17(10-16)36-23(27,28)29/h1-2,11,16-18,32-33H,3-10,12-13H2,(H,31,34). The number of carbonyl (C=O) groups excluding carboxylic acids is 1. The van der Waals surface area contributed by atoms with Crippen molar-refractivity contribution in [2.24, 2.45) is 5.41 Å². The molecule has 1 atom stereocenters. The van der Waals surface area contributed by atoms with E-state index in [0.717, 1.165) is 12.3 Å². The van der Waals surface area contributed by atoms with Crippen LogP contribution < -0.4 is 10.6 Å². The summed E-state index contributed by atoms with van der Waals surface area (Å²) in [6.07, 6.45) is -6.68. The van der Waals surface area contributed by atoms with E-state index in [2.05, 4.69) is 20.4 Å². The van der Waals surface area contributed by atoms with Gasteiger partial charge in [0, 0.05) is 30.0 Å². The lowest BCUT2D eigenvalue weighted by Crippen LogP contribution is -2.61. The Balaban J connectivity index is 1.18. The number of alkyl halides is 6. The summed E-state index contributed by atoms with van der Waals surface area (Å²) in [5.74, 6) is -0.151. The maximum absolute atomic E-state index is 12.9. The van der Waals surface area contributed by atoms with Crippen LogP contribution in [-0.4, -0.2) is 52.9 Å². The third-order valence-corrected chi connectivity index (χ3v) is 7.62. The molecule has 1 aromatic rings. The number of pyridine rings is 1. The fourth-order valence-electron chi connectivity index (χ4n) is 5.36. The molecule has 7 nitrogen and oxygen atoms in total. The van der Waals surface area contributed by atoms with Crippen molar-refractivity contribution >= 4 is 5.91 Å². The molecule has 0 spiro atoms. The van der Waals surface area contributed by atoms with Crippen LogP contribution in [0.4, 0.5) is 26.3 Å². The average molecular weight is 525 g/mol. The van der Waals surface area contributed by atoms with Crippen LogP contribution in [0.2, 0.25) is 0 Å². The number of fused-ring (bicyclic) bond motifs is 3. The Morgan fingerprint density at radius 1 is 1.06 bits per heavy atom. The first-order chi connectivity index (χ1) is 16.8. The molecular weight excluding hydrogens is 496 g/mol. The van der Waals surface area contributed by atoms with Gasteiger partial charge in [-0.05, 0) is 50.7 Å². The van der Waals surface area contributed by atoms with Gasteiger partial charge in [-0.3, -0.25) is 19.8 Å². The molecule has 1 heterocycles. The molecule has 0 radical (unpaired) electrons. The third-order valence-electron chi connectivity index (χ3n) is 7.62. The Hall–Kier alpha value is -1.96. The summed E-state index contributed by atoms with van der Waals surface area (Å²) in [5, 5.41) is 16.4. The number of ether oxygens (including phenoxy) is 2. The predicted octanol–water partition coefficient (Wildman–Crippen LogP) is 3.80. The fourth-order valence-corrected chi connectivity index (χ4v) is 5.36. The van der Waals surface area contributed by atoms with Gasteiger partial charge >= 0.3 is 12.5 Å². The zero-order chi connectivity index (χ0) is 26.2. The summed E-state index contributed by atoms with van der Waals surface area (Å²) in [6.45, 7) is -0.0227. The minimum atomic E-state index is -4.66. The molecule has 1 aromatic heterocycles. The van der Waals surface area contributed by atoms with Crippen molar-refractivity contribution < 1.29 is 45.7 Å². The van der Waals surface area contributed by atoms with Crippen LogP contribution in [0.3, 0.4) is 0 Å². The van der Waals surface area contributed by atoms with Crippen molar-refractivity contribution in [1.29, 1.82) is 0 Å². The SMILES string of the molecule is O=C(NCc1ccc(C(F)(F)F)cn1)C12CCC(NC(O)COC3CC(OC(F)(F)F)C3)(CC1)CC2. The van der Waals surface area contributed by atoms with Crippen LogP contribution in [0.25, 0.3) is 0 Å². The highest BCUT2D eigenvalue weighted by Gasteiger charge is 2.52. The highest BCUT2D eigenvalue weighted by molar-refractivity contribution is 5.83. The number of rotatable bonds is 9. The molecule has 4 aliphatic rings. The predicted molar refractivity (Wildman–Crippen MR) is 113 cm³/mol. The first-order valence-corrected chi connectivity index (χ1v) is 11.9. The van der Waals surface area contributed by atoms with E-state index >= 15 is 0 Å². The molecule has 1 unspecified atom stereocenters. The molecule has 36 heavy (non-hydrogen) atoms. The fraction of sp³-hybridized carbons (Fsp3) is 0.739. The monoisotopic (exact) mass is 525 g/mol. The van der Waals surface area contributed by atoms with Crippen LogP contribution in [0.15, 0.2) is 18.3 Å². The Morgan fingerprint density at radius 2 is 1.69 bits per heavy atom. The second-order valence-corrected chi connectivity index (χ2v) is 10.1. The highest BCUT2D eigenvalue weighted by atomic mass is 19.4. The van der Waals surface area contributed by atoms with E-state index in [4.69, 9.17) is 4.74 Å². The summed E-state index contributed by atoms with van der Waals surface area (Å²) in [7, 11) is 0. The van der Waals surface area contributed by atoms with Crippen molar-refractivity contribution in [2.75, 3.05) is 6.61 Å². The molecule has 2 bridgehead atoms. The second kappa shape index (κ2) is 10.1. The molecule has 0 aliphatic heterocycles. The Labute approximate surface area is 203 Å². The van der Waals surface area contributed by atoms with Crippen molar-refractivity contribution in [3.63, 3.8) is 0 Å². The van der Waals surface area contributed by atoms with E-state index in [9.17, 15) is 36.2 Å². The van der Waals surface area contributed by atoms with Gasteiger partial charge in [0.15, 0.2) is 0 Å². The number of aliphatic hydroxyl groups excluding tert-OH is 1. The van der Waals surface area contributed by atoms with Crippen molar-refractivity contribution in [2.45, 2.75) is 94.4 Å². The maximum atomic E-state index is 12.9. The zero-order valence-electron chi connectivity index (χ0n) is 19.4. The first kappa shape index (κ1) is 27.1. The largest absolute Gasteiger partial charge is 0.522 e. The van der Waals surface area contributed by atoms with Gasteiger partial charge in [-0.15, -0.1) is 13.2 Å². The number of hydrogen-bond donors (Lipinski definition) is 3. The second-order valence-electron chi connectivity index (χ2n) is 10.1. The van der Waals surface area contributed by atoms with E-state index in [1.54, 1.807) is 0 Å². The zero-order valence-corrected chi connectivity index (χ0v) is 19.4. The smallest absolute Gasteiger partial charge is 0.376 e. The topological polar surface area (TPSA) is 92.7 Å². The maximum Gasteiger partial charge on any atom is 0.522 e. The summed E-state index contributed by atoms with van der Waals surface area (Å²) in [5.41, 5.74) is -1.42. The van der Waals surface area contributed by atoms with Gasteiger partial charge in [-0.25, -0.2) is 0 Å². The van der Waals surface area contributed by atoms with Crippen LogP contribution in [-0.2, 0) is 27.0 Å². The normalized spacial score (nSPS) is 31.1. The Kier molecular flexibility index (Phi) is 7.58. The lowest BCUT2D eigenvalue weighted by Gasteiger charge is -2.53. The van der Waals surface area contributed by atoms with Gasteiger partial charge in [0.25, 0.3) is 0 Å². The average Bonchev–Trinajstić information content (AvgIpc) is 2.79. The van der Waals surface area contributed by atoms with Crippen molar-refractivity contribution in [1.82, 2.24) is 15.6 Å². The molecule has 3 N–H and O–H groups in total. The van der Waals surface area contributed by atoms with Gasteiger partial charge in [0.1, 0.15) is 6.23 Å². The quantitative estimate of drug-likeness (QED) is 0.336. The molecule has 4 fully saturated rings. The van der Waals surface area contributed by atoms with E-state index in [-0.39, 0.29) is 43.5 Å². The molecule has 4 saturated carbocycles.